The Hall–Kier alpha value is -1.16. The molecule has 2 rings (SSSR count). The molecule has 4 nitrogen and oxygen atoms in total. The molecule has 0 aromatic carbocycles. The van der Waals surface area contributed by atoms with Crippen LogP contribution in [0, 0.1) is 5.92 Å². The number of fused-ring (bicyclic) bond motifs is 1. The van der Waals surface area contributed by atoms with Gasteiger partial charge in [-0.3, -0.25) is 0 Å². The van der Waals surface area contributed by atoms with Crippen LogP contribution in [0.5, 0.6) is 0 Å². The van der Waals surface area contributed by atoms with Gasteiger partial charge in [-0.15, -0.1) is 0 Å². The number of ether oxygens (including phenoxy) is 1. The normalized spacial score (nSPS) is 16.1. The summed E-state index contributed by atoms with van der Waals surface area (Å²) in [6, 6.07) is 0. The van der Waals surface area contributed by atoms with E-state index in [0.717, 1.165) is 37.4 Å². The van der Waals surface area contributed by atoms with Gasteiger partial charge in [-0.2, -0.15) is 0 Å². The van der Waals surface area contributed by atoms with Crippen LogP contribution in [0.1, 0.15) is 63.2 Å². The lowest BCUT2D eigenvalue weighted by Gasteiger charge is -2.23. The predicted octanol–water partition coefficient (Wildman–Crippen LogP) is 3.52. The monoisotopic (exact) mass is 277 g/mol. The summed E-state index contributed by atoms with van der Waals surface area (Å²) in [5, 5.41) is 3.47. The maximum absolute atomic E-state index is 5.60. The van der Waals surface area contributed by atoms with Gasteiger partial charge in [0.15, 0.2) is 5.82 Å². The molecule has 112 valence electrons. The largest absolute Gasteiger partial charge is 0.373 e. The van der Waals surface area contributed by atoms with E-state index in [9.17, 15) is 0 Å². The molecule has 0 amide bonds. The van der Waals surface area contributed by atoms with E-state index in [1.807, 2.05) is 0 Å². The van der Waals surface area contributed by atoms with Crippen LogP contribution in [-0.4, -0.2) is 23.6 Å². The molecule has 1 atom stereocenters. The maximum atomic E-state index is 5.60. The van der Waals surface area contributed by atoms with E-state index in [-0.39, 0.29) is 6.10 Å². The molecule has 1 N–H and O–H groups in total. The molecule has 0 saturated carbocycles. The highest BCUT2D eigenvalue weighted by atomic mass is 16.5. The molecule has 1 aliphatic carbocycles. The number of rotatable bonds is 6. The van der Waals surface area contributed by atoms with Crippen LogP contribution in [0.15, 0.2) is 0 Å². The van der Waals surface area contributed by atoms with Crippen molar-refractivity contribution in [3.8, 4) is 0 Å². The van der Waals surface area contributed by atoms with Gasteiger partial charge < -0.3 is 10.1 Å². The van der Waals surface area contributed by atoms with Gasteiger partial charge in [0.05, 0.1) is 0 Å². The average Bonchev–Trinajstić information content (AvgIpc) is 2.45. The summed E-state index contributed by atoms with van der Waals surface area (Å²) in [6.45, 7) is 7.43. The first kappa shape index (κ1) is 15.2. The minimum absolute atomic E-state index is 0.0237. The van der Waals surface area contributed by atoms with Crippen molar-refractivity contribution in [2.24, 2.45) is 5.92 Å². The molecule has 0 spiro atoms. The number of nitrogens with zero attached hydrogens (tertiary/aromatic N) is 2. The summed E-state index contributed by atoms with van der Waals surface area (Å²) in [7, 11) is 1.74. The zero-order chi connectivity index (χ0) is 14.5. The Morgan fingerprint density at radius 3 is 2.60 bits per heavy atom. The van der Waals surface area contributed by atoms with Crippen molar-refractivity contribution in [1.82, 2.24) is 9.97 Å². The number of anilines is 1. The van der Waals surface area contributed by atoms with Gasteiger partial charge in [-0.25, -0.2) is 9.97 Å². The van der Waals surface area contributed by atoms with E-state index in [0.29, 0.717) is 5.92 Å². The topological polar surface area (TPSA) is 47.0 Å². The van der Waals surface area contributed by atoms with E-state index in [4.69, 9.17) is 14.7 Å². The van der Waals surface area contributed by atoms with Gasteiger partial charge in [0, 0.05) is 24.9 Å². The lowest BCUT2D eigenvalue weighted by atomic mass is 9.95. The minimum atomic E-state index is -0.0237. The molecule has 20 heavy (non-hydrogen) atoms. The smallest absolute Gasteiger partial charge is 0.159 e. The van der Waals surface area contributed by atoms with Crippen molar-refractivity contribution >= 4 is 5.82 Å². The minimum Gasteiger partial charge on any atom is -0.373 e. The highest BCUT2D eigenvalue weighted by molar-refractivity contribution is 5.48. The zero-order valence-electron chi connectivity index (χ0n) is 13.2. The van der Waals surface area contributed by atoms with Crippen LogP contribution in [0.3, 0.4) is 0 Å². The fourth-order valence-corrected chi connectivity index (χ4v) is 2.81. The fraction of sp³-hybridized carbons (Fsp3) is 0.750. The molecule has 0 fully saturated rings. The quantitative estimate of drug-likeness (QED) is 0.864. The average molecular weight is 277 g/mol. The Balaban J connectivity index is 2.38. The lowest BCUT2D eigenvalue weighted by Crippen LogP contribution is -2.19. The molecule has 1 heterocycles. The number of hydrogen-bond acceptors (Lipinski definition) is 4. The van der Waals surface area contributed by atoms with Crippen molar-refractivity contribution in [3.63, 3.8) is 0 Å². The van der Waals surface area contributed by atoms with E-state index in [1.54, 1.807) is 7.11 Å². The summed E-state index contributed by atoms with van der Waals surface area (Å²) in [5.74, 6) is 2.25. The van der Waals surface area contributed by atoms with Crippen molar-refractivity contribution in [2.75, 3.05) is 19.0 Å². The molecule has 1 aromatic rings. The van der Waals surface area contributed by atoms with Gasteiger partial charge in [0.1, 0.15) is 11.9 Å². The predicted molar refractivity (Wildman–Crippen MR) is 82.0 cm³/mol. The van der Waals surface area contributed by atoms with Crippen molar-refractivity contribution < 1.29 is 4.74 Å². The van der Waals surface area contributed by atoms with Gasteiger partial charge >= 0.3 is 0 Å². The van der Waals surface area contributed by atoms with E-state index in [2.05, 4.69) is 26.1 Å². The third kappa shape index (κ3) is 3.29. The Labute approximate surface area is 122 Å². The third-order valence-corrected chi connectivity index (χ3v) is 3.86. The first-order valence-corrected chi connectivity index (χ1v) is 7.83. The Morgan fingerprint density at radius 2 is 1.95 bits per heavy atom. The Morgan fingerprint density at radius 1 is 1.20 bits per heavy atom. The number of aryl methyl sites for hydroxylation is 1. The highest BCUT2D eigenvalue weighted by Crippen LogP contribution is 2.29. The van der Waals surface area contributed by atoms with E-state index < -0.39 is 0 Å². The Kier molecular flexibility index (Phi) is 5.35. The van der Waals surface area contributed by atoms with Crippen molar-refractivity contribution in [2.45, 2.75) is 59.0 Å². The van der Waals surface area contributed by atoms with Crippen LogP contribution in [0.4, 0.5) is 5.82 Å². The number of hydrogen-bond donors (Lipinski definition) is 1. The van der Waals surface area contributed by atoms with Crippen LogP contribution in [-0.2, 0) is 17.6 Å². The molecule has 0 radical (unpaired) electrons. The van der Waals surface area contributed by atoms with Crippen LogP contribution < -0.4 is 5.32 Å². The van der Waals surface area contributed by atoms with Gasteiger partial charge in [0.2, 0.25) is 0 Å². The standard InChI is InChI=1S/C16H27N3O/c1-5-10-17-15-12-8-6-7-9-13(12)18-16(19-15)14(20-4)11(2)3/h11,14H,5-10H2,1-4H3,(H,17,18,19). The molecule has 1 aliphatic rings. The molecular weight excluding hydrogens is 250 g/mol. The first-order chi connectivity index (χ1) is 9.67. The molecule has 1 aromatic heterocycles. The van der Waals surface area contributed by atoms with Crippen LogP contribution in [0.25, 0.3) is 0 Å². The summed E-state index contributed by atoms with van der Waals surface area (Å²) >= 11 is 0. The van der Waals surface area contributed by atoms with Gasteiger partial charge in [0.25, 0.3) is 0 Å². The van der Waals surface area contributed by atoms with E-state index >= 15 is 0 Å². The summed E-state index contributed by atoms with van der Waals surface area (Å²) in [4.78, 5) is 9.57. The maximum Gasteiger partial charge on any atom is 0.159 e. The van der Waals surface area contributed by atoms with Crippen molar-refractivity contribution in [1.29, 1.82) is 0 Å². The van der Waals surface area contributed by atoms with Gasteiger partial charge in [-0.1, -0.05) is 20.8 Å². The molecule has 1 unspecified atom stereocenters. The second-order valence-electron chi connectivity index (χ2n) is 5.89. The van der Waals surface area contributed by atoms with Crippen LogP contribution >= 0.6 is 0 Å². The second-order valence-corrected chi connectivity index (χ2v) is 5.89. The second kappa shape index (κ2) is 7.02. The van der Waals surface area contributed by atoms with Gasteiger partial charge in [-0.05, 0) is 38.0 Å². The Bertz CT molecular complexity index is 446. The first-order valence-electron chi connectivity index (χ1n) is 7.83. The van der Waals surface area contributed by atoms with Crippen LogP contribution in [0.2, 0.25) is 0 Å². The third-order valence-electron chi connectivity index (χ3n) is 3.86. The molecule has 0 aliphatic heterocycles. The number of methoxy groups -OCH3 is 1. The summed E-state index contributed by atoms with van der Waals surface area (Å²) in [6.07, 6.45) is 5.72. The number of aromatic nitrogens is 2. The van der Waals surface area contributed by atoms with E-state index in [1.165, 1.54) is 24.1 Å². The molecule has 0 bridgehead atoms. The van der Waals surface area contributed by atoms with Crippen molar-refractivity contribution in [3.05, 3.63) is 17.1 Å². The molecule has 0 saturated heterocycles. The molecular formula is C16H27N3O. The molecule has 4 heteroatoms. The zero-order valence-corrected chi connectivity index (χ0v) is 13.2. The summed E-state index contributed by atoms with van der Waals surface area (Å²) < 4.78 is 5.60. The fourth-order valence-electron chi connectivity index (χ4n) is 2.81. The number of nitrogens with one attached hydrogen (secondary N) is 1. The SMILES string of the molecule is CCCNc1nc(C(OC)C(C)C)nc2c1CCCC2. The highest BCUT2D eigenvalue weighted by Gasteiger charge is 2.23. The lowest BCUT2D eigenvalue weighted by molar-refractivity contribution is 0.0573. The summed E-state index contributed by atoms with van der Waals surface area (Å²) in [5.41, 5.74) is 2.55.